The highest BCUT2D eigenvalue weighted by atomic mass is 32.2. The molecule has 0 amide bonds. The van der Waals surface area contributed by atoms with Crippen LogP contribution in [0.25, 0.3) is 0 Å². The van der Waals surface area contributed by atoms with E-state index in [1.807, 2.05) is 24.3 Å². The van der Waals surface area contributed by atoms with Gasteiger partial charge in [-0.05, 0) is 31.9 Å². The number of rotatable bonds is 6. The van der Waals surface area contributed by atoms with E-state index in [2.05, 4.69) is 0 Å². The van der Waals surface area contributed by atoms with Crippen molar-refractivity contribution >= 4 is 11.8 Å². The summed E-state index contributed by atoms with van der Waals surface area (Å²) in [7, 11) is 0. The molecular formula is C17H24O4S. The van der Waals surface area contributed by atoms with E-state index in [1.165, 1.54) is 0 Å². The maximum absolute atomic E-state index is 10.3. The molecule has 0 spiro atoms. The second-order valence-corrected chi connectivity index (χ2v) is 7.27. The minimum atomic E-state index is -0.962. The van der Waals surface area contributed by atoms with Crippen LogP contribution in [-0.2, 0) is 0 Å². The molecule has 122 valence electrons. The van der Waals surface area contributed by atoms with Crippen LogP contribution in [0.4, 0.5) is 0 Å². The van der Waals surface area contributed by atoms with Crippen LogP contribution in [0, 0.1) is 0 Å². The van der Waals surface area contributed by atoms with Gasteiger partial charge < -0.3 is 20.4 Å². The Morgan fingerprint density at radius 1 is 1.09 bits per heavy atom. The Kier molecular flexibility index (Phi) is 5.69. The van der Waals surface area contributed by atoms with Crippen LogP contribution < -0.4 is 0 Å². The average molecular weight is 324 g/mol. The van der Waals surface area contributed by atoms with Crippen LogP contribution in [0.2, 0.25) is 0 Å². The Labute approximate surface area is 135 Å². The molecule has 0 bridgehead atoms. The Morgan fingerprint density at radius 3 is 2.05 bits per heavy atom. The smallest absolute Gasteiger partial charge is 0.0890 e. The lowest BCUT2D eigenvalue weighted by molar-refractivity contribution is 0.0345. The first kappa shape index (κ1) is 17.5. The third kappa shape index (κ3) is 4.83. The van der Waals surface area contributed by atoms with Gasteiger partial charge in [0.1, 0.15) is 0 Å². The van der Waals surface area contributed by atoms with Crippen molar-refractivity contribution in [2.24, 2.45) is 0 Å². The molecule has 2 aliphatic carbocycles. The molecular weight excluding hydrogens is 300 g/mol. The van der Waals surface area contributed by atoms with Gasteiger partial charge in [0.05, 0.1) is 17.3 Å². The van der Waals surface area contributed by atoms with E-state index < -0.39 is 17.3 Å². The SMILES string of the molecule is CC(O)CC1(O)C=CC(SC2=CCC(O)(CCO)C=C2)=CC1. The normalized spacial score (nSPS) is 32.6. The van der Waals surface area contributed by atoms with Crippen LogP contribution in [0.15, 0.2) is 46.3 Å². The standard InChI is InChI=1S/C17H24O4S/c1-13(19)12-17(21)8-4-15(5-9-17)22-14-2-6-16(20,7-3-14)10-11-18/h2-6,8,13,18-21H,7,9-12H2,1H3. The number of hydrogen-bond donors (Lipinski definition) is 4. The molecule has 0 aromatic heterocycles. The summed E-state index contributed by atoms with van der Waals surface area (Å²) >= 11 is 1.58. The highest BCUT2D eigenvalue weighted by molar-refractivity contribution is 8.07. The molecule has 0 radical (unpaired) electrons. The third-order valence-corrected chi connectivity index (χ3v) is 4.94. The Bertz CT molecular complexity index is 521. The minimum Gasteiger partial charge on any atom is -0.396 e. The molecule has 4 N–H and O–H groups in total. The van der Waals surface area contributed by atoms with E-state index in [0.717, 1.165) is 9.81 Å². The molecule has 3 unspecified atom stereocenters. The lowest BCUT2D eigenvalue weighted by Crippen LogP contribution is -2.31. The van der Waals surface area contributed by atoms with Crippen LogP contribution in [-0.4, -0.2) is 44.3 Å². The zero-order valence-corrected chi connectivity index (χ0v) is 13.6. The second kappa shape index (κ2) is 7.15. The molecule has 2 rings (SSSR count). The molecule has 0 aromatic carbocycles. The van der Waals surface area contributed by atoms with Gasteiger partial charge in [-0.2, -0.15) is 0 Å². The lowest BCUT2D eigenvalue weighted by Gasteiger charge is -2.28. The largest absolute Gasteiger partial charge is 0.396 e. The molecule has 5 heteroatoms. The summed E-state index contributed by atoms with van der Waals surface area (Å²) in [6, 6.07) is 0. The van der Waals surface area contributed by atoms with Crippen LogP contribution in [0.1, 0.15) is 32.6 Å². The highest BCUT2D eigenvalue weighted by Crippen LogP contribution is 2.37. The molecule has 4 nitrogen and oxygen atoms in total. The number of thioether (sulfide) groups is 1. The molecule has 0 fully saturated rings. The fourth-order valence-corrected chi connectivity index (χ4v) is 3.51. The summed E-state index contributed by atoms with van der Waals surface area (Å²) in [4.78, 5) is 2.08. The third-order valence-electron chi connectivity index (χ3n) is 3.86. The Hall–Kier alpha value is -0.850. The summed E-state index contributed by atoms with van der Waals surface area (Å²) < 4.78 is 0. The average Bonchev–Trinajstić information content (AvgIpc) is 2.43. The monoisotopic (exact) mass is 324 g/mol. The van der Waals surface area contributed by atoms with Crippen molar-refractivity contribution < 1.29 is 20.4 Å². The van der Waals surface area contributed by atoms with Crippen molar-refractivity contribution in [1.29, 1.82) is 0 Å². The van der Waals surface area contributed by atoms with Gasteiger partial charge in [0.25, 0.3) is 0 Å². The minimum absolute atomic E-state index is 0.0348. The molecule has 22 heavy (non-hydrogen) atoms. The van der Waals surface area contributed by atoms with Gasteiger partial charge >= 0.3 is 0 Å². The predicted octanol–water partition coefficient (Wildman–Crippen LogP) is 2.02. The summed E-state index contributed by atoms with van der Waals surface area (Å²) in [5.74, 6) is 0. The Balaban J connectivity index is 1.91. The van der Waals surface area contributed by atoms with Crippen LogP contribution in [0.5, 0.6) is 0 Å². The van der Waals surface area contributed by atoms with Crippen molar-refractivity contribution in [3.05, 3.63) is 46.3 Å². The first-order chi connectivity index (χ1) is 10.3. The second-order valence-electron chi connectivity index (χ2n) is 6.12. The van der Waals surface area contributed by atoms with Gasteiger partial charge in [-0.3, -0.25) is 0 Å². The van der Waals surface area contributed by atoms with E-state index >= 15 is 0 Å². The van der Waals surface area contributed by atoms with Gasteiger partial charge in [0.15, 0.2) is 0 Å². The zero-order chi connectivity index (χ0) is 16.2. The summed E-state index contributed by atoms with van der Waals surface area (Å²) in [5, 5.41) is 38.8. The van der Waals surface area contributed by atoms with Crippen molar-refractivity contribution in [2.75, 3.05) is 6.61 Å². The van der Waals surface area contributed by atoms with Gasteiger partial charge in [-0.25, -0.2) is 0 Å². The highest BCUT2D eigenvalue weighted by Gasteiger charge is 2.28. The van der Waals surface area contributed by atoms with Gasteiger partial charge in [-0.15, -0.1) is 0 Å². The van der Waals surface area contributed by atoms with E-state index in [4.69, 9.17) is 5.11 Å². The maximum atomic E-state index is 10.3. The van der Waals surface area contributed by atoms with E-state index in [-0.39, 0.29) is 6.61 Å². The number of hydrogen-bond acceptors (Lipinski definition) is 5. The van der Waals surface area contributed by atoms with Crippen molar-refractivity contribution in [3.8, 4) is 0 Å². The number of allylic oxidation sites excluding steroid dienone is 2. The number of aliphatic hydroxyl groups excluding tert-OH is 2. The van der Waals surface area contributed by atoms with Gasteiger partial charge in [0.2, 0.25) is 0 Å². The summed E-state index contributed by atoms with van der Waals surface area (Å²) in [5.41, 5.74) is -1.90. The van der Waals surface area contributed by atoms with Crippen molar-refractivity contribution in [1.82, 2.24) is 0 Å². The molecule has 0 aromatic rings. The lowest BCUT2D eigenvalue weighted by atomic mass is 9.90. The van der Waals surface area contributed by atoms with Crippen LogP contribution in [0.3, 0.4) is 0 Å². The van der Waals surface area contributed by atoms with Gasteiger partial charge in [0, 0.05) is 29.3 Å². The molecule has 0 saturated heterocycles. The topological polar surface area (TPSA) is 80.9 Å². The van der Waals surface area contributed by atoms with E-state index in [9.17, 15) is 15.3 Å². The first-order valence-electron chi connectivity index (χ1n) is 7.54. The van der Waals surface area contributed by atoms with Gasteiger partial charge in [-0.1, -0.05) is 36.1 Å². The van der Waals surface area contributed by atoms with Crippen molar-refractivity contribution in [2.45, 2.75) is 49.9 Å². The summed E-state index contributed by atoms with van der Waals surface area (Å²) in [6.07, 6.45) is 12.3. The van der Waals surface area contributed by atoms with Crippen molar-refractivity contribution in [3.63, 3.8) is 0 Å². The van der Waals surface area contributed by atoms with E-state index in [0.29, 0.717) is 25.7 Å². The summed E-state index contributed by atoms with van der Waals surface area (Å²) in [6.45, 7) is 1.64. The fraction of sp³-hybridized carbons (Fsp3) is 0.529. The maximum Gasteiger partial charge on any atom is 0.0890 e. The quantitative estimate of drug-likeness (QED) is 0.601. The molecule has 3 atom stereocenters. The molecule has 2 aliphatic rings. The predicted molar refractivity (Wildman–Crippen MR) is 89.2 cm³/mol. The molecule has 0 aliphatic heterocycles. The molecule has 0 heterocycles. The van der Waals surface area contributed by atoms with E-state index in [1.54, 1.807) is 30.8 Å². The Morgan fingerprint density at radius 2 is 1.64 bits per heavy atom. The first-order valence-corrected chi connectivity index (χ1v) is 8.36. The fourth-order valence-electron chi connectivity index (χ4n) is 2.63. The molecule has 0 saturated carbocycles. The zero-order valence-electron chi connectivity index (χ0n) is 12.8. The van der Waals surface area contributed by atoms with Crippen LogP contribution >= 0.6 is 11.8 Å². The number of aliphatic hydroxyl groups is 4.